The summed E-state index contributed by atoms with van der Waals surface area (Å²) in [5.41, 5.74) is 2.26. The van der Waals surface area contributed by atoms with Crippen LogP contribution in [0.3, 0.4) is 0 Å². The zero-order chi connectivity index (χ0) is 16.2. The minimum absolute atomic E-state index is 0.0130. The van der Waals surface area contributed by atoms with Crippen molar-refractivity contribution >= 4 is 21.4 Å². The molecule has 0 spiro atoms. The highest BCUT2D eigenvalue weighted by Crippen LogP contribution is 2.17. The number of rotatable bonds is 6. The van der Waals surface area contributed by atoms with E-state index in [2.05, 4.69) is 5.32 Å². The van der Waals surface area contributed by atoms with Crippen LogP contribution in [0, 0.1) is 5.92 Å². The van der Waals surface area contributed by atoms with Gasteiger partial charge < -0.3 is 10.2 Å². The molecule has 1 N–H and O–H groups in total. The molecule has 0 unspecified atom stereocenters. The molecular weight excluding hydrogens is 300 g/mol. The van der Waals surface area contributed by atoms with Crippen molar-refractivity contribution in [1.29, 1.82) is 0 Å². The molecule has 0 aliphatic carbocycles. The Bertz CT molecular complexity index is 609. The molecule has 0 bridgehead atoms. The van der Waals surface area contributed by atoms with Gasteiger partial charge in [0, 0.05) is 32.7 Å². The molecule has 1 aliphatic heterocycles. The van der Waals surface area contributed by atoms with Gasteiger partial charge in [0.1, 0.15) is 0 Å². The molecule has 1 fully saturated rings. The van der Waals surface area contributed by atoms with E-state index in [0.717, 1.165) is 11.3 Å². The number of carbonyl (C=O) groups is 1. The van der Waals surface area contributed by atoms with E-state index in [9.17, 15) is 13.2 Å². The normalized spacial score (nSPS) is 19.8. The van der Waals surface area contributed by atoms with E-state index in [1.54, 1.807) is 0 Å². The van der Waals surface area contributed by atoms with E-state index in [1.165, 1.54) is 0 Å². The molecule has 6 heteroatoms. The number of hydrogen-bond donors (Lipinski definition) is 1. The Kier molecular flexibility index (Phi) is 5.45. The van der Waals surface area contributed by atoms with Crippen LogP contribution in [-0.4, -0.2) is 46.5 Å². The van der Waals surface area contributed by atoms with E-state index in [4.69, 9.17) is 0 Å². The minimum atomic E-state index is -2.87. The molecule has 1 aromatic carbocycles. The third-order valence-electron chi connectivity index (χ3n) is 4.01. The summed E-state index contributed by atoms with van der Waals surface area (Å²) in [5.74, 6) is 0.528. The topological polar surface area (TPSA) is 66.5 Å². The molecule has 2 rings (SSSR count). The van der Waals surface area contributed by atoms with Crippen LogP contribution in [-0.2, 0) is 21.1 Å². The van der Waals surface area contributed by atoms with Crippen molar-refractivity contribution in [2.75, 3.05) is 37.0 Å². The van der Waals surface area contributed by atoms with Gasteiger partial charge in [-0.1, -0.05) is 12.1 Å². The first-order valence-electron chi connectivity index (χ1n) is 7.59. The second kappa shape index (κ2) is 7.13. The Hall–Kier alpha value is -1.56. The average molecular weight is 324 g/mol. The largest absolute Gasteiger partial charge is 0.378 e. The number of anilines is 1. The van der Waals surface area contributed by atoms with Gasteiger partial charge in [-0.15, -0.1) is 0 Å². The minimum Gasteiger partial charge on any atom is -0.378 e. The van der Waals surface area contributed by atoms with E-state index >= 15 is 0 Å². The summed E-state index contributed by atoms with van der Waals surface area (Å²) in [7, 11) is 1.12. The maximum absolute atomic E-state index is 11.8. The third-order valence-corrected chi connectivity index (χ3v) is 5.85. The first-order valence-corrected chi connectivity index (χ1v) is 9.41. The van der Waals surface area contributed by atoms with Gasteiger partial charge in [0.15, 0.2) is 9.84 Å². The lowest BCUT2D eigenvalue weighted by molar-refractivity contribution is -0.121. The molecule has 0 radical (unpaired) electrons. The fourth-order valence-electron chi connectivity index (χ4n) is 2.60. The maximum atomic E-state index is 11.8. The van der Waals surface area contributed by atoms with Gasteiger partial charge in [0.25, 0.3) is 0 Å². The van der Waals surface area contributed by atoms with E-state index < -0.39 is 9.84 Å². The Balaban J connectivity index is 1.71. The van der Waals surface area contributed by atoms with Crippen LogP contribution in [0.2, 0.25) is 0 Å². The van der Waals surface area contributed by atoms with Crippen LogP contribution < -0.4 is 10.2 Å². The van der Waals surface area contributed by atoms with Crippen LogP contribution in [0.1, 0.15) is 18.4 Å². The lowest BCUT2D eigenvalue weighted by Gasteiger charge is -2.13. The lowest BCUT2D eigenvalue weighted by Crippen LogP contribution is -2.29. The highest BCUT2D eigenvalue weighted by atomic mass is 32.2. The number of aryl methyl sites for hydroxylation is 1. The van der Waals surface area contributed by atoms with Crippen molar-refractivity contribution in [2.45, 2.75) is 19.3 Å². The number of hydrogen-bond acceptors (Lipinski definition) is 4. The van der Waals surface area contributed by atoms with Crippen LogP contribution in [0.15, 0.2) is 24.3 Å². The summed E-state index contributed by atoms with van der Waals surface area (Å²) >= 11 is 0. The predicted octanol–water partition coefficient (Wildman–Crippen LogP) is 1.24. The highest BCUT2D eigenvalue weighted by Gasteiger charge is 2.27. The van der Waals surface area contributed by atoms with E-state index in [-0.39, 0.29) is 23.3 Å². The second-order valence-electron chi connectivity index (χ2n) is 6.13. The molecule has 0 aromatic heterocycles. The number of nitrogens with one attached hydrogen (secondary N) is 1. The van der Waals surface area contributed by atoms with Crippen LogP contribution >= 0.6 is 0 Å². The third kappa shape index (κ3) is 5.02. The molecule has 0 saturated carbocycles. The quantitative estimate of drug-likeness (QED) is 0.855. The predicted molar refractivity (Wildman–Crippen MR) is 88.9 cm³/mol. The van der Waals surface area contributed by atoms with E-state index in [0.29, 0.717) is 25.8 Å². The first kappa shape index (κ1) is 16.8. The summed E-state index contributed by atoms with van der Waals surface area (Å²) < 4.78 is 22.7. The fraction of sp³-hybridized carbons (Fsp3) is 0.562. The molecule has 22 heavy (non-hydrogen) atoms. The molecule has 122 valence electrons. The summed E-state index contributed by atoms with van der Waals surface area (Å²) in [6, 6.07) is 8.14. The number of sulfone groups is 1. The van der Waals surface area contributed by atoms with Crippen molar-refractivity contribution in [3.8, 4) is 0 Å². The van der Waals surface area contributed by atoms with Gasteiger partial charge in [0.05, 0.1) is 11.5 Å². The number of nitrogens with zero attached hydrogens (tertiary/aromatic N) is 1. The molecule has 1 amide bonds. The number of amides is 1. The monoisotopic (exact) mass is 324 g/mol. The van der Waals surface area contributed by atoms with Crippen molar-refractivity contribution < 1.29 is 13.2 Å². The van der Waals surface area contributed by atoms with Crippen LogP contribution in [0.4, 0.5) is 5.69 Å². The Labute approximate surface area is 132 Å². The standard InChI is InChI=1S/C16H24N2O3S/c1-18(2)15-6-3-13(4-7-15)5-8-16(19)17-11-14-9-10-22(20,21)12-14/h3-4,6-7,14H,5,8-12H2,1-2H3,(H,17,19)/t14-/m1/s1. The van der Waals surface area contributed by atoms with Crippen LogP contribution in [0.25, 0.3) is 0 Å². The number of carbonyl (C=O) groups excluding carboxylic acids is 1. The molecular formula is C16H24N2O3S. The molecule has 5 nitrogen and oxygen atoms in total. The maximum Gasteiger partial charge on any atom is 0.220 e. The summed E-state index contributed by atoms with van der Waals surface area (Å²) in [6.07, 6.45) is 1.79. The van der Waals surface area contributed by atoms with Gasteiger partial charge in [0.2, 0.25) is 5.91 Å². The van der Waals surface area contributed by atoms with Gasteiger partial charge in [-0.2, -0.15) is 0 Å². The lowest BCUT2D eigenvalue weighted by atomic mass is 10.1. The average Bonchev–Trinajstić information content (AvgIpc) is 2.82. The summed E-state index contributed by atoms with van der Waals surface area (Å²) in [5, 5.41) is 2.85. The molecule has 1 heterocycles. The van der Waals surface area contributed by atoms with Gasteiger partial charge >= 0.3 is 0 Å². The number of benzene rings is 1. The van der Waals surface area contributed by atoms with Gasteiger partial charge in [-0.05, 0) is 36.5 Å². The van der Waals surface area contributed by atoms with Crippen molar-refractivity contribution in [3.05, 3.63) is 29.8 Å². The van der Waals surface area contributed by atoms with Gasteiger partial charge in [-0.25, -0.2) is 8.42 Å². The van der Waals surface area contributed by atoms with Crippen molar-refractivity contribution in [2.24, 2.45) is 5.92 Å². The Morgan fingerprint density at radius 1 is 1.27 bits per heavy atom. The van der Waals surface area contributed by atoms with Crippen molar-refractivity contribution in [3.63, 3.8) is 0 Å². The van der Waals surface area contributed by atoms with Gasteiger partial charge in [-0.3, -0.25) is 4.79 Å². The highest BCUT2D eigenvalue weighted by molar-refractivity contribution is 7.91. The summed E-state index contributed by atoms with van der Waals surface area (Å²) in [4.78, 5) is 13.9. The Morgan fingerprint density at radius 2 is 1.95 bits per heavy atom. The van der Waals surface area contributed by atoms with E-state index in [1.807, 2.05) is 43.3 Å². The molecule has 1 atom stereocenters. The summed E-state index contributed by atoms with van der Waals surface area (Å²) in [6.45, 7) is 0.470. The second-order valence-corrected chi connectivity index (χ2v) is 8.36. The zero-order valence-corrected chi connectivity index (χ0v) is 14.0. The SMILES string of the molecule is CN(C)c1ccc(CCC(=O)NC[C@H]2CCS(=O)(=O)C2)cc1. The first-order chi connectivity index (χ1) is 10.4. The van der Waals surface area contributed by atoms with Crippen LogP contribution in [0.5, 0.6) is 0 Å². The molecule has 1 aliphatic rings. The smallest absolute Gasteiger partial charge is 0.220 e. The molecule has 1 aromatic rings. The fourth-order valence-corrected chi connectivity index (χ4v) is 4.46. The zero-order valence-electron chi connectivity index (χ0n) is 13.2. The Morgan fingerprint density at radius 3 is 2.50 bits per heavy atom. The molecule has 1 saturated heterocycles. The van der Waals surface area contributed by atoms with Crippen molar-refractivity contribution in [1.82, 2.24) is 5.32 Å².